The molecule has 0 bridgehead atoms. The fourth-order valence-electron chi connectivity index (χ4n) is 1.80. The van der Waals surface area contributed by atoms with E-state index >= 15 is 0 Å². The molecule has 2 aromatic heterocycles. The highest BCUT2D eigenvalue weighted by molar-refractivity contribution is 7.11. The lowest BCUT2D eigenvalue weighted by Gasteiger charge is -2.05. The van der Waals surface area contributed by atoms with Crippen molar-refractivity contribution in [1.82, 2.24) is 15.3 Å². The molecule has 5 nitrogen and oxygen atoms in total. The summed E-state index contributed by atoms with van der Waals surface area (Å²) < 4.78 is 0. The summed E-state index contributed by atoms with van der Waals surface area (Å²) >= 11 is 1.67. The van der Waals surface area contributed by atoms with Gasteiger partial charge in [0, 0.05) is 29.7 Å². The molecule has 0 unspecified atom stereocenters. The minimum atomic E-state index is 0.464. The smallest absolute Gasteiger partial charge is 0.188 e. The van der Waals surface area contributed by atoms with Crippen LogP contribution in [0, 0.1) is 13.8 Å². The highest BCUT2D eigenvalue weighted by Crippen LogP contribution is 2.17. The van der Waals surface area contributed by atoms with Crippen LogP contribution in [0.25, 0.3) is 0 Å². The molecule has 0 saturated carbocycles. The molecular formula is C14H19N5S. The van der Waals surface area contributed by atoms with E-state index in [2.05, 4.69) is 20.3 Å². The van der Waals surface area contributed by atoms with E-state index in [1.807, 2.05) is 32.0 Å². The summed E-state index contributed by atoms with van der Waals surface area (Å²) in [6.45, 7) is 5.31. The van der Waals surface area contributed by atoms with Gasteiger partial charge in [-0.15, -0.1) is 11.3 Å². The maximum Gasteiger partial charge on any atom is 0.188 e. The van der Waals surface area contributed by atoms with Crippen molar-refractivity contribution in [2.75, 3.05) is 6.54 Å². The summed E-state index contributed by atoms with van der Waals surface area (Å²) in [5.41, 5.74) is 7.93. The Bertz CT molecular complexity index is 577. The van der Waals surface area contributed by atoms with Gasteiger partial charge in [-0.3, -0.25) is 4.98 Å². The number of thiazole rings is 1. The standard InChI is InChI=1S/C14H19N5S/c1-10-13(20-11(2)19-10)9-18-14(15)17-8-6-12-5-3-4-7-16-12/h3-5,7H,6,8-9H2,1-2H3,(H3,15,17,18). The van der Waals surface area contributed by atoms with E-state index in [0.29, 0.717) is 12.5 Å². The number of hydrogen-bond donors (Lipinski definition) is 2. The van der Waals surface area contributed by atoms with Gasteiger partial charge in [0.15, 0.2) is 5.96 Å². The van der Waals surface area contributed by atoms with Crippen LogP contribution in [-0.4, -0.2) is 22.5 Å². The summed E-state index contributed by atoms with van der Waals surface area (Å²) in [6, 6.07) is 5.89. The van der Waals surface area contributed by atoms with Gasteiger partial charge in [-0.1, -0.05) is 6.07 Å². The summed E-state index contributed by atoms with van der Waals surface area (Å²) in [5, 5.41) is 4.16. The lowest BCUT2D eigenvalue weighted by molar-refractivity contribution is 0.828. The number of nitrogens with two attached hydrogens (primary N) is 1. The van der Waals surface area contributed by atoms with Crippen LogP contribution in [0.2, 0.25) is 0 Å². The number of nitrogens with one attached hydrogen (secondary N) is 1. The summed E-state index contributed by atoms with van der Waals surface area (Å²) in [7, 11) is 0. The topological polar surface area (TPSA) is 76.2 Å². The SMILES string of the molecule is Cc1nc(C)c(CN=C(N)NCCc2ccccn2)s1. The molecule has 0 aliphatic rings. The molecule has 6 heteroatoms. The monoisotopic (exact) mass is 289 g/mol. The Labute approximate surface area is 123 Å². The van der Waals surface area contributed by atoms with E-state index < -0.39 is 0 Å². The van der Waals surface area contributed by atoms with Gasteiger partial charge in [-0.2, -0.15) is 0 Å². The van der Waals surface area contributed by atoms with E-state index in [-0.39, 0.29) is 0 Å². The van der Waals surface area contributed by atoms with Crippen LogP contribution >= 0.6 is 11.3 Å². The van der Waals surface area contributed by atoms with Crippen LogP contribution in [0.4, 0.5) is 0 Å². The Morgan fingerprint density at radius 2 is 2.25 bits per heavy atom. The molecule has 0 spiro atoms. The molecule has 0 saturated heterocycles. The minimum absolute atomic E-state index is 0.464. The molecule has 2 heterocycles. The van der Waals surface area contributed by atoms with Crippen molar-refractivity contribution in [2.24, 2.45) is 10.7 Å². The van der Waals surface area contributed by atoms with Crippen LogP contribution < -0.4 is 11.1 Å². The second-order valence-corrected chi connectivity index (χ2v) is 5.73. The molecule has 0 aliphatic carbocycles. The second kappa shape index (κ2) is 7.00. The first-order valence-corrected chi connectivity index (χ1v) is 7.33. The summed E-state index contributed by atoms with van der Waals surface area (Å²) in [4.78, 5) is 14.1. The molecule has 3 N–H and O–H groups in total. The molecule has 0 radical (unpaired) electrons. The highest BCUT2D eigenvalue weighted by atomic mass is 32.1. The molecule has 106 valence electrons. The fraction of sp³-hybridized carbons (Fsp3) is 0.357. The number of guanidine groups is 1. The Morgan fingerprint density at radius 1 is 1.40 bits per heavy atom. The minimum Gasteiger partial charge on any atom is -0.370 e. The van der Waals surface area contributed by atoms with Gasteiger partial charge in [0.05, 0.1) is 17.2 Å². The van der Waals surface area contributed by atoms with E-state index in [0.717, 1.165) is 34.2 Å². The molecule has 0 amide bonds. The van der Waals surface area contributed by atoms with E-state index in [1.165, 1.54) is 0 Å². The third-order valence-electron chi connectivity index (χ3n) is 2.81. The van der Waals surface area contributed by atoms with E-state index in [9.17, 15) is 0 Å². The highest BCUT2D eigenvalue weighted by Gasteiger charge is 2.03. The summed E-state index contributed by atoms with van der Waals surface area (Å²) in [6.07, 6.45) is 2.62. The predicted octanol–water partition coefficient (Wildman–Crippen LogP) is 1.80. The first-order valence-electron chi connectivity index (χ1n) is 6.52. The Balaban J connectivity index is 1.78. The third-order valence-corrected chi connectivity index (χ3v) is 3.86. The molecular weight excluding hydrogens is 270 g/mol. The van der Waals surface area contributed by atoms with E-state index in [1.54, 1.807) is 17.5 Å². The van der Waals surface area contributed by atoms with Gasteiger partial charge in [0.1, 0.15) is 0 Å². The van der Waals surface area contributed by atoms with Gasteiger partial charge >= 0.3 is 0 Å². The zero-order valence-electron chi connectivity index (χ0n) is 11.8. The number of aliphatic imine (C=N–C) groups is 1. The van der Waals surface area contributed by atoms with Crippen molar-refractivity contribution in [2.45, 2.75) is 26.8 Å². The van der Waals surface area contributed by atoms with Crippen LogP contribution in [0.5, 0.6) is 0 Å². The average Bonchev–Trinajstić information content (AvgIpc) is 2.76. The molecule has 2 rings (SSSR count). The van der Waals surface area contributed by atoms with Gasteiger partial charge in [-0.25, -0.2) is 9.98 Å². The van der Waals surface area contributed by atoms with Crippen molar-refractivity contribution in [3.8, 4) is 0 Å². The average molecular weight is 289 g/mol. The zero-order valence-corrected chi connectivity index (χ0v) is 12.6. The maximum absolute atomic E-state index is 5.85. The van der Waals surface area contributed by atoms with Crippen molar-refractivity contribution < 1.29 is 0 Å². The van der Waals surface area contributed by atoms with Gasteiger partial charge < -0.3 is 11.1 Å². The second-order valence-electron chi connectivity index (χ2n) is 4.44. The molecule has 0 aliphatic heterocycles. The lowest BCUT2D eigenvalue weighted by Crippen LogP contribution is -2.33. The fourth-order valence-corrected chi connectivity index (χ4v) is 2.66. The largest absolute Gasteiger partial charge is 0.370 e. The molecule has 0 aromatic carbocycles. The first kappa shape index (κ1) is 14.5. The Hall–Kier alpha value is -1.95. The predicted molar refractivity (Wildman–Crippen MR) is 82.9 cm³/mol. The summed E-state index contributed by atoms with van der Waals surface area (Å²) in [5.74, 6) is 0.464. The van der Waals surface area contributed by atoms with Crippen LogP contribution in [0.1, 0.15) is 21.3 Å². The Morgan fingerprint density at radius 3 is 2.90 bits per heavy atom. The van der Waals surface area contributed by atoms with Gasteiger partial charge in [0.25, 0.3) is 0 Å². The first-order chi connectivity index (χ1) is 9.65. The number of hydrogen-bond acceptors (Lipinski definition) is 4. The number of aryl methyl sites for hydroxylation is 2. The molecule has 20 heavy (non-hydrogen) atoms. The lowest BCUT2D eigenvalue weighted by atomic mass is 10.3. The Kier molecular flexibility index (Phi) is 5.06. The molecule has 2 aromatic rings. The van der Waals surface area contributed by atoms with Crippen molar-refractivity contribution in [3.05, 3.63) is 45.7 Å². The zero-order chi connectivity index (χ0) is 14.4. The number of rotatable bonds is 5. The van der Waals surface area contributed by atoms with Crippen LogP contribution in [0.15, 0.2) is 29.4 Å². The maximum atomic E-state index is 5.85. The normalized spacial score (nSPS) is 11.6. The van der Waals surface area contributed by atoms with Crippen LogP contribution in [0.3, 0.4) is 0 Å². The molecule has 0 fully saturated rings. The van der Waals surface area contributed by atoms with Gasteiger partial charge in [0.2, 0.25) is 0 Å². The number of pyridine rings is 1. The van der Waals surface area contributed by atoms with Crippen molar-refractivity contribution >= 4 is 17.3 Å². The van der Waals surface area contributed by atoms with E-state index in [4.69, 9.17) is 5.73 Å². The van der Waals surface area contributed by atoms with Crippen molar-refractivity contribution in [1.29, 1.82) is 0 Å². The van der Waals surface area contributed by atoms with Crippen LogP contribution in [-0.2, 0) is 13.0 Å². The quantitative estimate of drug-likeness (QED) is 0.650. The van der Waals surface area contributed by atoms with Crippen molar-refractivity contribution in [3.63, 3.8) is 0 Å². The molecule has 0 atom stereocenters. The van der Waals surface area contributed by atoms with Gasteiger partial charge in [-0.05, 0) is 26.0 Å². The number of nitrogens with zero attached hydrogens (tertiary/aromatic N) is 3. The number of aromatic nitrogens is 2. The third kappa shape index (κ3) is 4.31.